The standard InChI is InChI=1S/C13H19N3OS/c1-2-16(9-12(14)18)10-13(17)15-8-11-6-4-3-5-7-11/h3-7H,2,8-10H2,1H3,(H2,14,18)(H,15,17). The molecule has 1 aromatic carbocycles. The molecule has 0 atom stereocenters. The highest BCUT2D eigenvalue weighted by molar-refractivity contribution is 7.80. The average molecular weight is 265 g/mol. The van der Waals surface area contributed by atoms with Crippen LogP contribution >= 0.6 is 12.2 Å². The van der Waals surface area contributed by atoms with Gasteiger partial charge in [0.15, 0.2) is 0 Å². The summed E-state index contributed by atoms with van der Waals surface area (Å²) >= 11 is 4.84. The Hall–Kier alpha value is -1.46. The zero-order valence-corrected chi connectivity index (χ0v) is 11.4. The minimum atomic E-state index is -0.0167. The van der Waals surface area contributed by atoms with Crippen LogP contribution in [0.4, 0.5) is 0 Å². The van der Waals surface area contributed by atoms with E-state index in [1.54, 1.807) is 0 Å². The van der Waals surface area contributed by atoms with Gasteiger partial charge in [-0.2, -0.15) is 0 Å². The molecule has 0 radical (unpaired) electrons. The van der Waals surface area contributed by atoms with E-state index in [1.165, 1.54) is 0 Å². The van der Waals surface area contributed by atoms with Crippen LogP contribution in [0.1, 0.15) is 12.5 Å². The highest BCUT2D eigenvalue weighted by Crippen LogP contribution is 1.97. The lowest BCUT2D eigenvalue weighted by molar-refractivity contribution is -0.122. The molecular formula is C13H19N3OS. The van der Waals surface area contributed by atoms with Gasteiger partial charge in [0.25, 0.3) is 0 Å². The van der Waals surface area contributed by atoms with Gasteiger partial charge >= 0.3 is 0 Å². The van der Waals surface area contributed by atoms with Crippen LogP contribution in [0, 0.1) is 0 Å². The van der Waals surface area contributed by atoms with Gasteiger partial charge < -0.3 is 11.1 Å². The van der Waals surface area contributed by atoms with Crippen molar-refractivity contribution in [3.8, 4) is 0 Å². The Labute approximate surface area is 113 Å². The van der Waals surface area contributed by atoms with Crippen molar-refractivity contribution in [3.05, 3.63) is 35.9 Å². The van der Waals surface area contributed by atoms with E-state index in [-0.39, 0.29) is 5.91 Å². The number of likely N-dealkylation sites (N-methyl/N-ethyl adjacent to an activating group) is 1. The van der Waals surface area contributed by atoms with Gasteiger partial charge in [-0.25, -0.2) is 0 Å². The number of thiocarbonyl (C=S) groups is 1. The van der Waals surface area contributed by atoms with Crippen molar-refractivity contribution in [2.24, 2.45) is 5.73 Å². The van der Waals surface area contributed by atoms with Crippen LogP contribution in [0.25, 0.3) is 0 Å². The molecule has 5 heteroatoms. The third kappa shape index (κ3) is 5.75. The zero-order valence-electron chi connectivity index (χ0n) is 10.6. The first-order valence-electron chi connectivity index (χ1n) is 5.93. The Morgan fingerprint density at radius 2 is 2.00 bits per heavy atom. The molecule has 0 saturated heterocycles. The molecule has 0 saturated carbocycles. The summed E-state index contributed by atoms with van der Waals surface area (Å²) in [4.78, 5) is 14.0. The third-order valence-electron chi connectivity index (χ3n) is 2.53. The minimum Gasteiger partial charge on any atom is -0.392 e. The van der Waals surface area contributed by atoms with E-state index >= 15 is 0 Å². The first-order chi connectivity index (χ1) is 8.61. The van der Waals surface area contributed by atoms with E-state index in [9.17, 15) is 4.79 Å². The van der Waals surface area contributed by atoms with Gasteiger partial charge in [0.2, 0.25) is 5.91 Å². The summed E-state index contributed by atoms with van der Waals surface area (Å²) in [5, 5.41) is 2.87. The predicted molar refractivity (Wildman–Crippen MR) is 77.2 cm³/mol. The molecule has 4 nitrogen and oxygen atoms in total. The number of amides is 1. The molecule has 0 bridgehead atoms. The fourth-order valence-electron chi connectivity index (χ4n) is 1.56. The monoisotopic (exact) mass is 265 g/mol. The molecular weight excluding hydrogens is 246 g/mol. The summed E-state index contributed by atoms with van der Waals surface area (Å²) in [6.45, 7) is 4.06. The third-order valence-corrected chi connectivity index (χ3v) is 2.66. The van der Waals surface area contributed by atoms with Crippen molar-refractivity contribution in [1.82, 2.24) is 10.2 Å². The van der Waals surface area contributed by atoms with Gasteiger partial charge in [0.05, 0.1) is 11.5 Å². The molecule has 1 aromatic rings. The SMILES string of the molecule is CCN(CC(=O)NCc1ccccc1)CC(N)=S. The number of hydrogen-bond acceptors (Lipinski definition) is 3. The van der Waals surface area contributed by atoms with Crippen molar-refractivity contribution < 1.29 is 4.79 Å². The van der Waals surface area contributed by atoms with Crippen LogP contribution in [0.15, 0.2) is 30.3 Å². The van der Waals surface area contributed by atoms with E-state index in [1.807, 2.05) is 42.2 Å². The lowest BCUT2D eigenvalue weighted by Crippen LogP contribution is -2.40. The summed E-state index contributed by atoms with van der Waals surface area (Å²) in [5.41, 5.74) is 6.55. The number of benzene rings is 1. The maximum atomic E-state index is 11.7. The van der Waals surface area contributed by atoms with Gasteiger partial charge in [-0.1, -0.05) is 49.5 Å². The quantitative estimate of drug-likeness (QED) is 0.720. The molecule has 0 aliphatic heterocycles. The summed E-state index contributed by atoms with van der Waals surface area (Å²) in [6.07, 6.45) is 0. The summed E-state index contributed by atoms with van der Waals surface area (Å²) in [6, 6.07) is 9.81. The van der Waals surface area contributed by atoms with Crippen LogP contribution in [0.2, 0.25) is 0 Å². The second-order valence-electron chi connectivity index (χ2n) is 4.03. The summed E-state index contributed by atoms with van der Waals surface area (Å²) in [5.74, 6) is -0.0167. The van der Waals surface area contributed by atoms with Crippen LogP contribution < -0.4 is 11.1 Å². The lowest BCUT2D eigenvalue weighted by atomic mass is 10.2. The molecule has 0 aromatic heterocycles. The number of carbonyl (C=O) groups excluding carboxylic acids is 1. The molecule has 0 spiro atoms. The molecule has 0 heterocycles. The lowest BCUT2D eigenvalue weighted by Gasteiger charge is -2.18. The van der Waals surface area contributed by atoms with Gasteiger partial charge in [-0.15, -0.1) is 0 Å². The normalized spacial score (nSPS) is 10.3. The molecule has 0 aliphatic carbocycles. The van der Waals surface area contributed by atoms with Gasteiger partial charge in [-0.3, -0.25) is 9.69 Å². The second-order valence-corrected chi connectivity index (χ2v) is 4.56. The molecule has 0 unspecified atom stereocenters. The molecule has 0 fully saturated rings. The van der Waals surface area contributed by atoms with E-state index in [0.717, 1.165) is 12.1 Å². The topological polar surface area (TPSA) is 58.4 Å². The maximum Gasteiger partial charge on any atom is 0.234 e. The molecule has 1 amide bonds. The highest BCUT2D eigenvalue weighted by Gasteiger charge is 2.09. The van der Waals surface area contributed by atoms with Crippen molar-refractivity contribution in [2.45, 2.75) is 13.5 Å². The first kappa shape index (κ1) is 14.6. The van der Waals surface area contributed by atoms with Gasteiger partial charge in [0.1, 0.15) is 0 Å². The van der Waals surface area contributed by atoms with Crippen LogP contribution in [0.5, 0.6) is 0 Å². The van der Waals surface area contributed by atoms with E-state index in [0.29, 0.717) is 24.6 Å². The Morgan fingerprint density at radius 3 is 2.56 bits per heavy atom. The smallest absolute Gasteiger partial charge is 0.234 e. The van der Waals surface area contributed by atoms with Crippen molar-refractivity contribution in [3.63, 3.8) is 0 Å². The number of rotatable bonds is 7. The number of nitrogens with zero attached hydrogens (tertiary/aromatic N) is 1. The molecule has 1 rings (SSSR count). The zero-order chi connectivity index (χ0) is 13.4. The van der Waals surface area contributed by atoms with Gasteiger partial charge in [-0.05, 0) is 12.1 Å². The van der Waals surface area contributed by atoms with E-state index in [2.05, 4.69) is 5.32 Å². The highest BCUT2D eigenvalue weighted by atomic mass is 32.1. The average Bonchev–Trinajstić information content (AvgIpc) is 2.36. The second kappa shape index (κ2) is 7.79. The maximum absolute atomic E-state index is 11.7. The number of nitrogens with two attached hydrogens (primary N) is 1. The fourth-order valence-corrected chi connectivity index (χ4v) is 1.74. The van der Waals surface area contributed by atoms with E-state index < -0.39 is 0 Å². The number of nitrogens with one attached hydrogen (secondary N) is 1. The van der Waals surface area contributed by atoms with Gasteiger partial charge in [0, 0.05) is 13.1 Å². The minimum absolute atomic E-state index is 0.0167. The Bertz CT molecular complexity index is 394. The first-order valence-corrected chi connectivity index (χ1v) is 6.34. The largest absolute Gasteiger partial charge is 0.392 e. The summed E-state index contributed by atoms with van der Waals surface area (Å²) in [7, 11) is 0. The number of hydrogen-bond donors (Lipinski definition) is 2. The Kier molecular flexibility index (Phi) is 6.32. The van der Waals surface area contributed by atoms with Crippen molar-refractivity contribution >= 4 is 23.1 Å². The Balaban J connectivity index is 2.34. The fraction of sp³-hybridized carbons (Fsp3) is 0.385. The molecule has 3 N–H and O–H groups in total. The predicted octanol–water partition coefficient (Wildman–Crippen LogP) is 0.911. The number of carbonyl (C=O) groups is 1. The Morgan fingerprint density at radius 1 is 1.33 bits per heavy atom. The van der Waals surface area contributed by atoms with E-state index in [4.69, 9.17) is 18.0 Å². The van der Waals surface area contributed by atoms with Crippen LogP contribution in [-0.2, 0) is 11.3 Å². The van der Waals surface area contributed by atoms with Crippen molar-refractivity contribution in [1.29, 1.82) is 0 Å². The summed E-state index contributed by atoms with van der Waals surface area (Å²) < 4.78 is 0. The molecule has 98 valence electrons. The van der Waals surface area contributed by atoms with Crippen molar-refractivity contribution in [2.75, 3.05) is 19.6 Å². The van der Waals surface area contributed by atoms with Crippen LogP contribution in [-0.4, -0.2) is 35.4 Å². The van der Waals surface area contributed by atoms with Crippen LogP contribution in [0.3, 0.4) is 0 Å². The molecule has 18 heavy (non-hydrogen) atoms. The molecule has 0 aliphatic rings.